The van der Waals surface area contributed by atoms with Crippen LogP contribution in [-0.2, 0) is 4.79 Å². The average molecular weight is 534 g/mol. The Morgan fingerprint density at radius 2 is 1.51 bits per heavy atom. The van der Waals surface area contributed by atoms with Gasteiger partial charge < -0.3 is 9.64 Å². The summed E-state index contributed by atoms with van der Waals surface area (Å²) >= 11 is 0. The van der Waals surface area contributed by atoms with Crippen LogP contribution in [0.1, 0.15) is 110 Å². The van der Waals surface area contributed by atoms with Crippen molar-refractivity contribution in [3.8, 4) is 11.4 Å². The second kappa shape index (κ2) is 16.1. The number of aromatic nitrogens is 2. The molecule has 0 aliphatic carbocycles. The van der Waals surface area contributed by atoms with E-state index in [4.69, 9.17) is 9.72 Å². The molecular formula is C33H47N3O3. The zero-order valence-corrected chi connectivity index (χ0v) is 24.5. The lowest BCUT2D eigenvalue weighted by Gasteiger charge is -2.33. The van der Waals surface area contributed by atoms with Crippen LogP contribution in [0.25, 0.3) is 16.6 Å². The van der Waals surface area contributed by atoms with E-state index in [0.29, 0.717) is 47.6 Å². The zero-order chi connectivity index (χ0) is 28.0. The number of nitrogens with zero attached hydrogens (tertiary/aromatic N) is 3. The molecule has 212 valence electrons. The molecule has 6 nitrogen and oxygen atoms in total. The maximum atomic E-state index is 14.0. The van der Waals surface area contributed by atoms with E-state index in [1.807, 2.05) is 53.4 Å². The van der Waals surface area contributed by atoms with Gasteiger partial charge in [0.15, 0.2) is 0 Å². The molecule has 0 bridgehead atoms. The van der Waals surface area contributed by atoms with Crippen LogP contribution < -0.4 is 10.3 Å². The Kier molecular flexibility index (Phi) is 12.5. The third-order valence-electron chi connectivity index (χ3n) is 7.51. The number of methoxy groups -OCH3 is 1. The van der Waals surface area contributed by atoms with Crippen LogP contribution in [0, 0.1) is 0 Å². The highest BCUT2D eigenvalue weighted by Crippen LogP contribution is 2.30. The van der Waals surface area contributed by atoms with Gasteiger partial charge >= 0.3 is 0 Å². The Labute approximate surface area is 234 Å². The molecule has 1 aromatic heterocycles. The molecule has 3 rings (SSSR count). The summed E-state index contributed by atoms with van der Waals surface area (Å²) in [6.07, 6.45) is 12.4. The van der Waals surface area contributed by atoms with Crippen molar-refractivity contribution in [2.24, 2.45) is 0 Å². The second-order valence-corrected chi connectivity index (χ2v) is 10.4. The predicted molar refractivity (Wildman–Crippen MR) is 161 cm³/mol. The SMILES string of the molecule is CCCCCCCCC(=O)N(CCCCCC)C(CC)c1nc2ccccc2c(=O)n1-c1ccccc1OC. The molecular weight excluding hydrogens is 486 g/mol. The lowest BCUT2D eigenvalue weighted by molar-refractivity contribution is -0.134. The molecule has 2 aromatic carbocycles. The van der Waals surface area contributed by atoms with Gasteiger partial charge in [0.05, 0.1) is 29.7 Å². The summed E-state index contributed by atoms with van der Waals surface area (Å²) in [4.78, 5) is 34.8. The first-order valence-corrected chi connectivity index (χ1v) is 15.0. The van der Waals surface area contributed by atoms with Crippen LogP contribution in [0.4, 0.5) is 0 Å². The van der Waals surface area contributed by atoms with Gasteiger partial charge in [-0.2, -0.15) is 0 Å². The largest absolute Gasteiger partial charge is 0.495 e. The summed E-state index contributed by atoms with van der Waals surface area (Å²) in [5.41, 5.74) is 1.15. The highest BCUT2D eigenvalue weighted by molar-refractivity contribution is 5.79. The van der Waals surface area contributed by atoms with Gasteiger partial charge in [0.1, 0.15) is 11.6 Å². The summed E-state index contributed by atoms with van der Waals surface area (Å²) in [5, 5.41) is 0.551. The first-order chi connectivity index (χ1) is 19.1. The molecule has 1 amide bonds. The Bertz CT molecular complexity index is 1240. The van der Waals surface area contributed by atoms with E-state index in [9.17, 15) is 9.59 Å². The number of fused-ring (bicyclic) bond motifs is 1. The molecule has 1 atom stereocenters. The molecule has 1 heterocycles. The Balaban J connectivity index is 2.05. The van der Waals surface area contributed by atoms with Crippen molar-refractivity contribution in [2.45, 2.75) is 104 Å². The minimum atomic E-state index is -0.318. The highest BCUT2D eigenvalue weighted by Gasteiger charge is 2.29. The predicted octanol–water partition coefficient (Wildman–Crippen LogP) is 8.00. The number of hydrogen-bond donors (Lipinski definition) is 0. The number of carbonyl (C=O) groups is 1. The number of carbonyl (C=O) groups excluding carboxylic acids is 1. The number of unbranched alkanes of at least 4 members (excludes halogenated alkanes) is 8. The fourth-order valence-electron chi connectivity index (χ4n) is 5.33. The minimum Gasteiger partial charge on any atom is -0.495 e. The summed E-state index contributed by atoms with van der Waals surface area (Å²) in [6.45, 7) is 7.16. The molecule has 0 spiro atoms. The monoisotopic (exact) mass is 533 g/mol. The number of benzene rings is 2. The highest BCUT2D eigenvalue weighted by atomic mass is 16.5. The first kappa shape index (κ1) is 30.4. The Hall–Kier alpha value is -3.15. The quantitative estimate of drug-likeness (QED) is 0.165. The van der Waals surface area contributed by atoms with Crippen LogP contribution >= 0.6 is 0 Å². The van der Waals surface area contributed by atoms with E-state index < -0.39 is 0 Å². The molecule has 0 aliphatic rings. The van der Waals surface area contributed by atoms with E-state index in [1.54, 1.807) is 11.7 Å². The van der Waals surface area contributed by atoms with Gasteiger partial charge in [-0.3, -0.25) is 14.2 Å². The van der Waals surface area contributed by atoms with E-state index in [1.165, 1.54) is 25.7 Å². The van der Waals surface area contributed by atoms with Gasteiger partial charge in [-0.15, -0.1) is 0 Å². The van der Waals surface area contributed by atoms with Crippen molar-refractivity contribution >= 4 is 16.8 Å². The van der Waals surface area contributed by atoms with Crippen molar-refractivity contribution in [1.29, 1.82) is 0 Å². The van der Waals surface area contributed by atoms with Crippen molar-refractivity contribution in [3.05, 3.63) is 64.7 Å². The lowest BCUT2D eigenvalue weighted by Crippen LogP contribution is -2.39. The van der Waals surface area contributed by atoms with Crippen LogP contribution in [0.3, 0.4) is 0 Å². The van der Waals surface area contributed by atoms with Crippen molar-refractivity contribution in [1.82, 2.24) is 14.5 Å². The summed E-state index contributed by atoms with van der Waals surface area (Å²) in [6, 6.07) is 14.7. The Morgan fingerprint density at radius 1 is 0.872 bits per heavy atom. The smallest absolute Gasteiger partial charge is 0.266 e. The molecule has 0 N–H and O–H groups in total. The fraction of sp³-hybridized carbons (Fsp3) is 0.545. The molecule has 0 fully saturated rings. The third-order valence-corrected chi connectivity index (χ3v) is 7.51. The molecule has 0 radical (unpaired) electrons. The van der Waals surface area contributed by atoms with Gasteiger partial charge in [-0.05, 0) is 43.5 Å². The van der Waals surface area contributed by atoms with Crippen molar-refractivity contribution in [2.75, 3.05) is 13.7 Å². The topological polar surface area (TPSA) is 64.4 Å². The molecule has 39 heavy (non-hydrogen) atoms. The lowest BCUT2D eigenvalue weighted by atomic mass is 10.1. The minimum absolute atomic E-state index is 0.146. The number of amides is 1. The molecule has 1 unspecified atom stereocenters. The van der Waals surface area contributed by atoms with E-state index in [2.05, 4.69) is 20.8 Å². The second-order valence-electron chi connectivity index (χ2n) is 10.4. The van der Waals surface area contributed by atoms with E-state index in [-0.39, 0.29) is 17.5 Å². The number of ether oxygens (including phenoxy) is 1. The fourth-order valence-corrected chi connectivity index (χ4v) is 5.33. The third kappa shape index (κ3) is 7.93. The van der Waals surface area contributed by atoms with Gasteiger partial charge in [-0.1, -0.05) is 96.4 Å². The van der Waals surface area contributed by atoms with Crippen LogP contribution in [0.15, 0.2) is 53.3 Å². The zero-order valence-electron chi connectivity index (χ0n) is 24.5. The molecule has 3 aromatic rings. The maximum absolute atomic E-state index is 14.0. The normalized spacial score (nSPS) is 12.0. The van der Waals surface area contributed by atoms with Crippen LogP contribution in [0.2, 0.25) is 0 Å². The standard InChI is InChI=1S/C33H47N3O3/c1-5-8-10-12-13-14-24-31(37)35(25-19-11-9-6-2)28(7-3)32-34-27-21-16-15-20-26(27)33(38)36(32)29-22-17-18-23-30(29)39-4/h15-18,20-23,28H,5-14,19,24-25H2,1-4H3. The number of hydrogen-bond acceptors (Lipinski definition) is 4. The Morgan fingerprint density at radius 3 is 2.23 bits per heavy atom. The van der Waals surface area contributed by atoms with Crippen LogP contribution in [0.5, 0.6) is 5.75 Å². The first-order valence-electron chi connectivity index (χ1n) is 15.0. The van der Waals surface area contributed by atoms with Gasteiger partial charge in [0.25, 0.3) is 5.56 Å². The van der Waals surface area contributed by atoms with Crippen LogP contribution in [-0.4, -0.2) is 34.0 Å². The molecule has 0 saturated heterocycles. The number of rotatable bonds is 17. The molecule has 0 saturated carbocycles. The van der Waals surface area contributed by atoms with E-state index in [0.717, 1.165) is 38.5 Å². The maximum Gasteiger partial charge on any atom is 0.266 e. The number of para-hydroxylation sites is 3. The van der Waals surface area contributed by atoms with E-state index >= 15 is 0 Å². The summed E-state index contributed by atoms with van der Waals surface area (Å²) in [5.74, 6) is 1.35. The van der Waals surface area contributed by atoms with Gasteiger partial charge in [-0.25, -0.2) is 4.98 Å². The summed E-state index contributed by atoms with van der Waals surface area (Å²) < 4.78 is 7.33. The molecule has 0 aliphatic heterocycles. The van der Waals surface area contributed by atoms with Gasteiger partial charge in [0.2, 0.25) is 5.91 Å². The summed E-state index contributed by atoms with van der Waals surface area (Å²) in [7, 11) is 1.61. The molecule has 6 heteroatoms. The van der Waals surface area contributed by atoms with Crippen molar-refractivity contribution < 1.29 is 9.53 Å². The van der Waals surface area contributed by atoms with Crippen molar-refractivity contribution in [3.63, 3.8) is 0 Å². The average Bonchev–Trinajstić information content (AvgIpc) is 2.96. The van der Waals surface area contributed by atoms with Gasteiger partial charge in [0, 0.05) is 13.0 Å².